The minimum Gasteiger partial charge on any atom is -0.294 e. The van der Waals surface area contributed by atoms with Crippen molar-refractivity contribution < 1.29 is 9.72 Å². The van der Waals surface area contributed by atoms with E-state index in [1.54, 1.807) is 24.3 Å². The molecule has 0 unspecified atom stereocenters. The van der Waals surface area contributed by atoms with Crippen LogP contribution in [0.1, 0.15) is 75.6 Å². The predicted molar refractivity (Wildman–Crippen MR) is 93.3 cm³/mol. The van der Waals surface area contributed by atoms with Crippen molar-refractivity contribution in [2.24, 2.45) is 5.92 Å². The van der Waals surface area contributed by atoms with Gasteiger partial charge in [-0.2, -0.15) is 0 Å². The van der Waals surface area contributed by atoms with E-state index in [9.17, 15) is 14.9 Å². The Morgan fingerprint density at radius 3 is 2.30 bits per heavy atom. The Kier molecular flexibility index (Phi) is 9.18. The number of nitrogens with zero attached hydrogens (tertiary/aromatic N) is 1. The largest absolute Gasteiger partial charge is 0.294 e. The van der Waals surface area contributed by atoms with E-state index in [2.05, 4.69) is 6.92 Å². The minimum absolute atomic E-state index is 0.00594. The van der Waals surface area contributed by atoms with E-state index in [4.69, 9.17) is 0 Å². The molecule has 1 rings (SSSR count). The average Bonchev–Trinajstić information content (AvgIpc) is 2.55. The quantitative estimate of drug-likeness (QED) is 0.227. The van der Waals surface area contributed by atoms with E-state index in [1.807, 2.05) is 13.0 Å². The molecule has 0 N–H and O–H groups in total. The normalized spacial score (nSPS) is 13.5. The molecule has 0 aliphatic heterocycles. The molecule has 0 saturated carbocycles. The first-order valence-electron chi connectivity index (χ1n) is 8.78. The molecule has 0 fully saturated rings. The van der Waals surface area contributed by atoms with Gasteiger partial charge in [0.15, 0.2) is 5.78 Å². The highest BCUT2D eigenvalue weighted by molar-refractivity contribution is 5.96. The van der Waals surface area contributed by atoms with Gasteiger partial charge < -0.3 is 0 Å². The van der Waals surface area contributed by atoms with Crippen LogP contribution >= 0.6 is 0 Å². The number of benzene rings is 1. The first-order chi connectivity index (χ1) is 11.1. The maximum atomic E-state index is 12.2. The molecule has 23 heavy (non-hydrogen) atoms. The number of rotatable bonds is 12. The molecule has 0 heterocycles. The summed E-state index contributed by atoms with van der Waals surface area (Å²) in [5.74, 6) is -0.203. The zero-order valence-corrected chi connectivity index (χ0v) is 14.4. The third kappa shape index (κ3) is 7.40. The van der Waals surface area contributed by atoms with Crippen LogP contribution in [0.3, 0.4) is 0 Å². The van der Waals surface area contributed by atoms with E-state index in [-0.39, 0.29) is 23.0 Å². The van der Waals surface area contributed by atoms with Gasteiger partial charge in [-0.15, -0.1) is 0 Å². The second kappa shape index (κ2) is 10.9. The molecule has 128 valence electrons. The zero-order chi connectivity index (χ0) is 17.1. The lowest BCUT2D eigenvalue weighted by molar-refractivity contribution is -0.530. The summed E-state index contributed by atoms with van der Waals surface area (Å²) in [4.78, 5) is 23.3. The average molecular weight is 319 g/mol. The Balaban J connectivity index is 2.44. The fourth-order valence-electron chi connectivity index (χ4n) is 2.85. The SMILES string of the molecule is CCCCCCCC[C@H](C)[C@H](CC(=O)c1ccccc1)[N+](=O)[O-]. The molecule has 1 aromatic rings. The zero-order valence-electron chi connectivity index (χ0n) is 14.4. The first kappa shape index (κ1) is 19.3. The molecule has 0 bridgehead atoms. The van der Waals surface area contributed by atoms with Crippen molar-refractivity contribution in [3.63, 3.8) is 0 Å². The summed E-state index contributed by atoms with van der Waals surface area (Å²) in [5.41, 5.74) is 0.561. The number of ketones is 1. The van der Waals surface area contributed by atoms with E-state index in [1.165, 1.54) is 25.7 Å². The smallest absolute Gasteiger partial charge is 0.222 e. The number of nitro groups is 1. The lowest BCUT2D eigenvalue weighted by Crippen LogP contribution is -2.30. The van der Waals surface area contributed by atoms with Crippen LogP contribution in [-0.2, 0) is 0 Å². The van der Waals surface area contributed by atoms with Crippen molar-refractivity contribution in [3.05, 3.63) is 46.0 Å². The van der Waals surface area contributed by atoms with Crippen LogP contribution in [0.5, 0.6) is 0 Å². The predicted octanol–water partition coefficient (Wildman–Crippen LogP) is 5.29. The number of hydrogen-bond donors (Lipinski definition) is 0. The maximum absolute atomic E-state index is 12.2. The van der Waals surface area contributed by atoms with Gasteiger partial charge in [-0.05, 0) is 6.42 Å². The van der Waals surface area contributed by atoms with Gasteiger partial charge in [0.2, 0.25) is 6.04 Å². The Morgan fingerprint density at radius 2 is 1.70 bits per heavy atom. The van der Waals surface area contributed by atoms with Crippen LogP contribution in [-0.4, -0.2) is 16.7 Å². The van der Waals surface area contributed by atoms with E-state index in [0.717, 1.165) is 19.3 Å². The fraction of sp³-hybridized carbons (Fsp3) is 0.632. The topological polar surface area (TPSA) is 60.2 Å². The van der Waals surface area contributed by atoms with Crippen LogP contribution in [0.25, 0.3) is 0 Å². The van der Waals surface area contributed by atoms with Crippen LogP contribution < -0.4 is 0 Å². The summed E-state index contributed by atoms with van der Waals surface area (Å²) in [5, 5.41) is 11.3. The van der Waals surface area contributed by atoms with E-state index in [0.29, 0.717) is 5.56 Å². The lowest BCUT2D eigenvalue weighted by Gasteiger charge is -2.16. The van der Waals surface area contributed by atoms with Gasteiger partial charge in [-0.25, -0.2) is 0 Å². The van der Waals surface area contributed by atoms with Crippen molar-refractivity contribution in [1.82, 2.24) is 0 Å². The molecule has 0 aliphatic rings. The summed E-state index contributed by atoms with van der Waals surface area (Å²) in [6.07, 6.45) is 7.88. The number of Topliss-reactive ketones (excluding diaryl/α,β-unsaturated/α-hetero) is 1. The number of carbonyl (C=O) groups excluding carboxylic acids is 1. The van der Waals surface area contributed by atoms with Gasteiger partial charge in [0.1, 0.15) is 0 Å². The minimum atomic E-state index is -0.779. The lowest BCUT2D eigenvalue weighted by atomic mass is 9.90. The third-order valence-electron chi connectivity index (χ3n) is 4.43. The molecule has 0 aromatic heterocycles. The van der Waals surface area contributed by atoms with Gasteiger partial charge in [0, 0.05) is 16.4 Å². The molecule has 0 saturated heterocycles. The maximum Gasteiger partial charge on any atom is 0.222 e. The van der Waals surface area contributed by atoms with Crippen molar-refractivity contribution >= 4 is 5.78 Å². The summed E-state index contributed by atoms with van der Waals surface area (Å²) >= 11 is 0. The summed E-state index contributed by atoms with van der Waals surface area (Å²) in [7, 11) is 0. The van der Waals surface area contributed by atoms with Crippen LogP contribution in [0.4, 0.5) is 0 Å². The molecule has 0 amide bonds. The van der Waals surface area contributed by atoms with Gasteiger partial charge in [0.05, 0.1) is 6.42 Å². The second-order valence-electron chi connectivity index (χ2n) is 6.38. The Bertz CT molecular complexity index is 473. The monoisotopic (exact) mass is 319 g/mol. The molecular formula is C19H29NO3. The summed E-state index contributed by atoms with van der Waals surface area (Å²) < 4.78 is 0. The van der Waals surface area contributed by atoms with Gasteiger partial charge in [-0.1, -0.05) is 82.7 Å². The van der Waals surface area contributed by atoms with Gasteiger partial charge >= 0.3 is 0 Å². The highest BCUT2D eigenvalue weighted by Crippen LogP contribution is 2.20. The second-order valence-corrected chi connectivity index (χ2v) is 6.38. The number of carbonyl (C=O) groups is 1. The Labute approximate surface area is 139 Å². The van der Waals surface area contributed by atoms with Crippen molar-refractivity contribution in [2.75, 3.05) is 0 Å². The third-order valence-corrected chi connectivity index (χ3v) is 4.43. The van der Waals surface area contributed by atoms with E-state index >= 15 is 0 Å². The molecule has 4 nitrogen and oxygen atoms in total. The first-order valence-corrected chi connectivity index (χ1v) is 8.78. The summed E-state index contributed by atoms with van der Waals surface area (Å²) in [6, 6.07) is 8.07. The number of hydrogen-bond acceptors (Lipinski definition) is 3. The van der Waals surface area contributed by atoms with Crippen molar-refractivity contribution in [3.8, 4) is 0 Å². The van der Waals surface area contributed by atoms with Crippen LogP contribution in [0.15, 0.2) is 30.3 Å². The van der Waals surface area contributed by atoms with Crippen molar-refractivity contribution in [1.29, 1.82) is 0 Å². The summed E-state index contributed by atoms with van der Waals surface area (Å²) in [6.45, 7) is 4.09. The highest BCUT2D eigenvalue weighted by atomic mass is 16.6. The van der Waals surface area contributed by atoms with Gasteiger partial charge in [0.25, 0.3) is 0 Å². The molecule has 0 aliphatic carbocycles. The van der Waals surface area contributed by atoms with Crippen LogP contribution in [0, 0.1) is 16.0 Å². The van der Waals surface area contributed by atoms with Crippen LogP contribution in [0.2, 0.25) is 0 Å². The van der Waals surface area contributed by atoms with Gasteiger partial charge in [-0.3, -0.25) is 14.9 Å². The molecule has 1 aromatic carbocycles. The Morgan fingerprint density at radius 1 is 1.09 bits per heavy atom. The Hall–Kier alpha value is -1.71. The molecule has 4 heteroatoms. The fourth-order valence-corrected chi connectivity index (χ4v) is 2.85. The number of unbranched alkanes of at least 4 members (excludes halogenated alkanes) is 5. The highest BCUT2D eigenvalue weighted by Gasteiger charge is 2.30. The molecule has 0 spiro atoms. The van der Waals surface area contributed by atoms with E-state index < -0.39 is 6.04 Å². The molecule has 2 atom stereocenters. The standard InChI is InChI=1S/C19H29NO3/c1-3-4-5-6-7-9-12-16(2)18(20(22)23)15-19(21)17-13-10-8-11-14-17/h8,10-11,13-14,16,18H,3-7,9,12,15H2,1-2H3/t16-,18-/m0/s1. The van der Waals surface area contributed by atoms with Crippen molar-refractivity contribution in [2.45, 2.75) is 71.3 Å². The molecule has 0 radical (unpaired) electrons. The molecular weight excluding hydrogens is 290 g/mol.